The third kappa shape index (κ3) is 4.11. The third-order valence-electron chi connectivity index (χ3n) is 5.26. The Bertz CT molecular complexity index is 1090. The van der Waals surface area contributed by atoms with Gasteiger partial charge in [-0.2, -0.15) is 4.98 Å². The lowest BCUT2D eigenvalue weighted by atomic mass is 9.97. The summed E-state index contributed by atoms with van der Waals surface area (Å²) in [6, 6.07) is 6.76. The highest BCUT2D eigenvalue weighted by atomic mass is 16.3. The number of aromatic nitrogens is 5. The molecule has 5 N–H and O–H groups in total. The molecule has 0 unspecified atom stereocenters. The lowest BCUT2D eigenvalue weighted by Gasteiger charge is -2.20. The van der Waals surface area contributed by atoms with Crippen LogP contribution in [0.2, 0.25) is 0 Å². The number of amides is 1. The first-order valence-electron chi connectivity index (χ1n) is 9.71. The second-order valence-electron chi connectivity index (χ2n) is 7.34. The molecule has 1 aliphatic carbocycles. The van der Waals surface area contributed by atoms with E-state index in [0.717, 1.165) is 32.1 Å². The van der Waals surface area contributed by atoms with Crippen LogP contribution < -0.4 is 16.6 Å². The lowest BCUT2D eigenvalue weighted by Crippen LogP contribution is -2.34. The van der Waals surface area contributed by atoms with Crippen molar-refractivity contribution >= 4 is 23.0 Å². The summed E-state index contributed by atoms with van der Waals surface area (Å²) in [5.41, 5.74) is 6.21. The highest BCUT2D eigenvalue weighted by molar-refractivity contribution is 5.94. The van der Waals surface area contributed by atoms with Crippen molar-refractivity contribution in [3.8, 4) is 5.69 Å². The van der Waals surface area contributed by atoms with E-state index in [1.165, 1.54) is 4.80 Å². The number of benzene rings is 1. The summed E-state index contributed by atoms with van der Waals surface area (Å²) < 4.78 is 0. The van der Waals surface area contributed by atoms with Gasteiger partial charge in [-0.05, 0) is 31.0 Å². The van der Waals surface area contributed by atoms with Gasteiger partial charge in [0.25, 0.3) is 11.5 Å². The van der Waals surface area contributed by atoms with Crippen molar-refractivity contribution in [3.63, 3.8) is 0 Å². The minimum atomic E-state index is -0.477. The molecule has 29 heavy (non-hydrogen) atoms. The van der Waals surface area contributed by atoms with Gasteiger partial charge in [0.1, 0.15) is 0 Å². The predicted molar refractivity (Wildman–Crippen MR) is 107 cm³/mol. The molecule has 0 bridgehead atoms. The minimum absolute atomic E-state index is 0.0385. The topological polar surface area (TPSA) is 152 Å². The number of carbonyl (C=O) groups excluding carboxylic acids is 1. The lowest BCUT2D eigenvalue weighted by molar-refractivity contribution is 0.0854. The molecule has 0 radical (unpaired) electrons. The van der Waals surface area contributed by atoms with E-state index < -0.39 is 5.56 Å². The second kappa shape index (κ2) is 8.00. The fraction of sp³-hybridized carbons (Fsp3) is 0.421. The number of aliphatic hydroxyl groups excluding tert-OH is 1. The number of rotatable bonds is 4. The van der Waals surface area contributed by atoms with Gasteiger partial charge >= 0.3 is 0 Å². The van der Waals surface area contributed by atoms with Gasteiger partial charge in [0.2, 0.25) is 11.6 Å². The monoisotopic (exact) mass is 397 g/mol. The first-order chi connectivity index (χ1) is 14.0. The average molecular weight is 397 g/mol. The maximum atomic E-state index is 12.6. The molecule has 1 aliphatic rings. The number of nitrogen functional groups attached to an aromatic ring is 1. The maximum absolute atomic E-state index is 12.6. The van der Waals surface area contributed by atoms with Crippen LogP contribution in [0.15, 0.2) is 29.1 Å². The van der Waals surface area contributed by atoms with E-state index in [1.807, 2.05) is 0 Å². The van der Waals surface area contributed by atoms with E-state index in [-0.39, 0.29) is 35.0 Å². The van der Waals surface area contributed by atoms with Gasteiger partial charge in [-0.3, -0.25) is 14.6 Å². The molecule has 1 fully saturated rings. The van der Waals surface area contributed by atoms with Gasteiger partial charge in [0, 0.05) is 18.0 Å². The molecule has 2 aromatic heterocycles. The van der Waals surface area contributed by atoms with Crippen molar-refractivity contribution in [1.29, 1.82) is 0 Å². The average Bonchev–Trinajstić information content (AvgIpc) is 3.03. The Morgan fingerprint density at radius 2 is 2.10 bits per heavy atom. The largest absolute Gasteiger partial charge is 0.393 e. The zero-order valence-corrected chi connectivity index (χ0v) is 15.8. The summed E-state index contributed by atoms with van der Waals surface area (Å²) in [4.78, 5) is 32.1. The Kier molecular flexibility index (Phi) is 5.26. The van der Waals surface area contributed by atoms with E-state index in [0.29, 0.717) is 17.8 Å². The Hall–Kier alpha value is -3.27. The number of nitrogens with two attached hydrogens (primary N) is 1. The molecular formula is C19H23N7O3. The molecule has 1 amide bonds. The zero-order valence-electron chi connectivity index (χ0n) is 15.8. The van der Waals surface area contributed by atoms with Gasteiger partial charge in [-0.15, -0.1) is 15.0 Å². The Morgan fingerprint density at radius 1 is 1.28 bits per heavy atom. The van der Waals surface area contributed by atoms with Gasteiger partial charge in [0.05, 0.1) is 11.8 Å². The van der Waals surface area contributed by atoms with Crippen LogP contribution in [-0.4, -0.2) is 48.6 Å². The number of hydrogen-bond donors (Lipinski definition) is 4. The van der Waals surface area contributed by atoms with Gasteiger partial charge in [0.15, 0.2) is 5.52 Å². The number of fused-ring (bicyclic) bond motifs is 1. The molecule has 0 spiro atoms. The number of hydrogen-bond acceptors (Lipinski definition) is 7. The number of anilines is 1. The Balaban J connectivity index is 1.52. The number of carbonyl (C=O) groups is 1. The molecule has 152 valence electrons. The van der Waals surface area contributed by atoms with Crippen LogP contribution in [0, 0.1) is 5.92 Å². The van der Waals surface area contributed by atoms with Crippen molar-refractivity contribution in [2.75, 3.05) is 12.3 Å². The maximum Gasteiger partial charge on any atom is 0.282 e. The van der Waals surface area contributed by atoms with E-state index >= 15 is 0 Å². The molecular weight excluding hydrogens is 374 g/mol. The highest BCUT2D eigenvalue weighted by Gasteiger charge is 2.22. The highest BCUT2D eigenvalue weighted by Crippen LogP contribution is 2.23. The van der Waals surface area contributed by atoms with Gasteiger partial charge in [-0.1, -0.05) is 25.3 Å². The summed E-state index contributed by atoms with van der Waals surface area (Å²) in [5, 5.41) is 21.5. The SMILES string of the molecule is Nc1nc2nn(-c3cccc(C(=O)NC[C@@H]4CCCCC[C@H]4O)c3)nc2c(=O)[nH]1. The Labute approximate surface area is 166 Å². The van der Waals surface area contributed by atoms with Crippen molar-refractivity contribution < 1.29 is 9.90 Å². The summed E-state index contributed by atoms with van der Waals surface area (Å²) in [6.07, 6.45) is 4.55. The molecule has 0 saturated heterocycles. The Morgan fingerprint density at radius 3 is 2.97 bits per heavy atom. The van der Waals surface area contributed by atoms with Crippen LogP contribution >= 0.6 is 0 Å². The fourth-order valence-corrected chi connectivity index (χ4v) is 3.65. The normalized spacial score (nSPS) is 19.8. The van der Waals surface area contributed by atoms with Crippen LogP contribution in [-0.2, 0) is 0 Å². The predicted octanol–water partition coefficient (Wildman–Crippen LogP) is 0.757. The van der Waals surface area contributed by atoms with Crippen molar-refractivity contribution in [2.45, 2.75) is 38.2 Å². The van der Waals surface area contributed by atoms with Crippen LogP contribution in [0.4, 0.5) is 5.95 Å². The first-order valence-corrected chi connectivity index (χ1v) is 9.71. The fourth-order valence-electron chi connectivity index (χ4n) is 3.65. The van der Waals surface area contributed by atoms with Crippen molar-refractivity contribution in [1.82, 2.24) is 30.3 Å². The van der Waals surface area contributed by atoms with E-state index in [1.54, 1.807) is 24.3 Å². The summed E-state index contributed by atoms with van der Waals surface area (Å²) in [6.45, 7) is 0.437. The summed E-state index contributed by atoms with van der Waals surface area (Å²) >= 11 is 0. The molecule has 10 heteroatoms. The van der Waals surface area contributed by atoms with Crippen LogP contribution in [0.1, 0.15) is 42.5 Å². The van der Waals surface area contributed by atoms with Gasteiger partial charge in [-0.25, -0.2) is 0 Å². The minimum Gasteiger partial charge on any atom is -0.393 e. The molecule has 2 atom stereocenters. The summed E-state index contributed by atoms with van der Waals surface area (Å²) in [5.74, 6) is -0.199. The van der Waals surface area contributed by atoms with E-state index in [4.69, 9.17) is 5.73 Å². The molecule has 10 nitrogen and oxygen atoms in total. The van der Waals surface area contributed by atoms with Gasteiger partial charge < -0.3 is 16.2 Å². The smallest absolute Gasteiger partial charge is 0.282 e. The number of nitrogens with zero attached hydrogens (tertiary/aromatic N) is 4. The zero-order chi connectivity index (χ0) is 20.4. The van der Waals surface area contributed by atoms with E-state index in [9.17, 15) is 14.7 Å². The second-order valence-corrected chi connectivity index (χ2v) is 7.34. The number of nitrogens with one attached hydrogen (secondary N) is 2. The molecule has 1 aromatic carbocycles. The molecule has 3 aromatic rings. The van der Waals surface area contributed by atoms with Crippen LogP contribution in [0.3, 0.4) is 0 Å². The number of H-pyrrole nitrogens is 1. The first kappa shape index (κ1) is 19.1. The molecule has 2 heterocycles. The number of aliphatic hydroxyl groups is 1. The van der Waals surface area contributed by atoms with Crippen molar-refractivity contribution in [3.05, 3.63) is 40.2 Å². The quantitative estimate of drug-likeness (QED) is 0.474. The molecule has 0 aliphatic heterocycles. The van der Waals surface area contributed by atoms with Crippen LogP contribution in [0.5, 0.6) is 0 Å². The van der Waals surface area contributed by atoms with Crippen molar-refractivity contribution in [2.24, 2.45) is 5.92 Å². The summed E-state index contributed by atoms with van der Waals surface area (Å²) in [7, 11) is 0. The third-order valence-corrected chi connectivity index (χ3v) is 5.26. The molecule has 4 rings (SSSR count). The number of aromatic amines is 1. The standard InChI is InChI=1S/C19H23N7O3/c20-19-22-16-15(18(29)23-19)24-26(25-16)13-7-4-6-11(9-13)17(28)21-10-12-5-2-1-3-8-14(12)27/h4,6-7,9,12,14,27H,1-3,5,8,10H2,(H,21,28)(H3,20,22,23,25,29)/t12-,14+/m0/s1. The molecule has 1 saturated carbocycles. The van der Waals surface area contributed by atoms with E-state index in [2.05, 4.69) is 25.5 Å². The van der Waals surface area contributed by atoms with Crippen LogP contribution in [0.25, 0.3) is 16.9 Å².